The Morgan fingerprint density at radius 3 is 2.68 bits per heavy atom. The molecule has 0 bridgehead atoms. The molecule has 0 radical (unpaired) electrons. The van der Waals surface area contributed by atoms with Crippen LogP contribution in [0.5, 0.6) is 0 Å². The monoisotopic (exact) mass is 329 g/mol. The van der Waals surface area contributed by atoms with Crippen LogP contribution in [0.15, 0.2) is 22.7 Å². The minimum atomic E-state index is -0.345. The number of hydrogen-bond acceptors (Lipinski definition) is 4. The van der Waals surface area contributed by atoms with Crippen molar-refractivity contribution in [3.05, 3.63) is 33.8 Å². The molecule has 0 spiro atoms. The lowest BCUT2D eigenvalue weighted by Crippen LogP contribution is -2.33. The zero-order chi connectivity index (χ0) is 14.4. The van der Waals surface area contributed by atoms with E-state index in [0.717, 1.165) is 10.0 Å². The first kappa shape index (κ1) is 16.1. The molecule has 1 aromatic carbocycles. The second-order valence-electron chi connectivity index (χ2n) is 4.63. The predicted octanol–water partition coefficient (Wildman–Crippen LogP) is 2.34. The van der Waals surface area contributed by atoms with E-state index >= 15 is 0 Å². The number of esters is 1. The van der Waals surface area contributed by atoms with E-state index in [1.807, 2.05) is 19.9 Å². The van der Waals surface area contributed by atoms with Crippen LogP contribution in [-0.4, -0.2) is 30.8 Å². The van der Waals surface area contributed by atoms with E-state index in [9.17, 15) is 4.79 Å². The Labute approximate surface area is 122 Å². The van der Waals surface area contributed by atoms with Crippen LogP contribution in [0, 0.1) is 5.92 Å². The van der Waals surface area contributed by atoms with Crippen molar-refractivity contribution in [1.29, 1.82) is 0 Å². The molecule has 0 aliphatic heterocycles. The Morgan fingerprint density at radius 2 is 2.16 bits per heavy atom. The first-order valence-corrected chi connectivity index (χ1v) is 6.99. The van der Waals surface area contributed by atoms with Crippen molar-refractivity contribution < 1.29 is 14.6 Å². The minimum absolute atomic E-state index is 0.163. The number of nitrogens with one attached hydrogen (secondary N) is 1. The third-order valence-corrected chi connectivity index (χ3v) is 3.97. The van der Waals surface area contributed by atoms with E-state index < -0.39 is 0 Å². The summed E-state index contributed by atoms with van der Waals surface area (Å²) in [5, 5.41) is 12.4. The molecule has 2 N–H and O–H groups in total. The molecule has 0 aliphatic rings. The van der Waals surface area contributed by atoms with Gasteiger partial charge < -0.3 is 15.2 Å². The van der Waals surface area contributed by atoms with Crippen molar-refractivity contribution in [2.24, 2.45) is 5.92 Å². The molecule has 1 unspecified atom stereocenters. The van der Waals surface area contributed by atoms with Crippen molar-refractivity contribution in [3.8, 4) is 0 Å². The van der Waals surface area contributed by atoms with Crippen molar-refractivity contribution in [2.75, 3.05) is 13.7 Å². The van der Waals surface area contributed by atoms with Gasteiger partial charge in [-0.25, -0.2) is 4.79 Å². The van der Waals surface area contributed by atoms with Gasteiger partial charge in [0, 0.05) is 23.7 Å². The van der Waals surface area contributed by atoms with Crippen LogP contribution in [0.2, 0.25) is 0 Å². The maximum Gasteiger partial charge on any atom is 0.337 e. The highest BCUT2D eigenvalue weighted by molar-refractivity contribution is 9.10. The molecule has 0 aromatic heterocycles. The number of ether oxygens (including phenoxy) is 1. The fraction of sp³-hybridized carbons (Fsp3) is 0.500. The molecule has 0 aliphatic carbocycles. The zero-order valence-electron chi connectivity index (χ0n) is 11.4. The predicted molar refractivity (Wildman–Crippen MR) is 78.0 cm³/mol. The first-order valence-electron chi connectivity index (χ1n) is 6.20. The summed E-state index contributed by atoms with van der Waals surface area (Å²) in [6.07, 6.45) is 0. The molecule has 1 rings (SSSR count). The molecule has 0 saturated heterocycles. The maximum absolute atomic E-state index is 11.4. The van der Waals surface area contributed by atoms with Gasteiger partial charge in [-0.3, -0.25) is 0 Å². The fourth-order valence-corrected chi connectivity index (χ4v) is 2.08. The average molecular weight is 330 g/mol. The largest absolute Gasteiger partial charge is 0.465 e. The van der Waals surface area contributed by atoms with E-state index in [1.165, 1.54) is 7.11 Å². The summed E-state index contributed by atoms with van der Waals surface area (Å²) >= 11 is 3.45. The van der Waals surface area contributed by atoms with Gasteiger partial charge in [0.05, 0.1) is 12.7 Å². The number of aliphatic hydroxyl groups is 1. The SMILES string of the molecule is COC(=O)c1ccc(CN[C@@H](C)C(C)CO)c(Br)c1. The Bertz CT molecular complexity index is 437. The van der Waals surface area contributed by atoms with Gasteiger partial charge in [0.2, 0.25) is 0 Å². The van der Waals surface area contributed by atoms with Gasteiger partial charge >= 0.3 is 5.97 Å². The minimum Gasteiger partial charge on any atom is -0.465 e. The van der Waals surface area contributed by atoms with Crippen molar-refractivity contribution in [2.45, 2.75) is 26.4 Å². The Kier molecular flexibility index (Phi) is 6.48. The molecule has 2 atom stereocenters. The van der Waals surface area contributed by atoms with E-state index in [4.69, 9.17) is 5.11 Å². The van der Waals surface area contributed by atoms with Crippen molar-refractivity contribution in [3.63, 3.8) is 0 Å². The number of methoxy groups -OCH3 is 1. The second-order valence-corrected chi connectivity index (χ2v) is 5.48. The van der Waals surface area contributed by atoms with Crippen LogP contribution in [0.4, 0.5) is 0 Å². The van der Waals surface area contributed by atoms with E-state index in [-0.39, 0.29) is 24.5 Å². The molecule has 0 saturated carbocycles. The molecule has 4 nitrogen and oxygen atoms in total. The number of carbonyl (C=O) groups excluding carboxylic acids is 1. The summed E-state index contributed by atoms with van der Waals surface area (Å²) < 4.78 is 5.54. The topological polar surface area (TPSA) is 58.6 Å². The fourth-order valence-electron chi connectivity index (χ4n) is 1.57. The molecule has 0 fully saturated rings. The highest BCUT2D eigenvalue weighted by atomic mass is 79.9. The summed E-state index contributed by atoms with van der Waals surface area (Å²) in [5.41, 5.74) is 1.58. The maximum atomic E-state index is 11.4. The van der Waals surface area contributed by atoms with Crippen LogP contribution in [0.3, 0.4) is 0 Å². The molecule has 19 heavy (non-hydrogen) atoms. The van der Waals surface area contributed by atoms with Crippen LogP contribution in [-0.2, 0) is 11.3 Å². The summed E-state index contributed by atoms with van der Waals surface area (Å²) in [4.78, 5) is 11.4. The quantitative estimate of drug-likeness (QED) is 0.786. The number of aliphatic hydroxyl groups excluding tert-OH is 1. The van der Waals surface area contributed by atoms with Crippen LogP contribution in [0.25, 0.3) is 0 Å². The van der Waals surface area contributed by atoms with E-state index in [0.29, 0.717) is 12.1 Å². The van der Waals surface area contributed by atoms with Gasteiger partial charge in [0.15, 0.2) is 0 Å². The number of halogens is 1. The normalized spacial score (nSPS) is 13.9. The van der Waals surface area contributed by atoms with Crippen molar-refractivity contribution in [1.82, 2.24) is 5.32 Å². The van der Waals surface area contributed by atoms with Gasteiger partial charge in [-0.15, -0.1) is 0 Å². The zero-order valence-corrected chi connectivity index (χ0v) is 13.0. The lowest BCUT2D eigenvalue weighted by Gasteiger charge is -2.19. The van der Waals surface area contributed by atoms with E-state index in [1.54, 1.807) is 12.1 Å². The summed E-state index contributed by atoms with van der Waals surface area (Å²) in [7, 11) is 1.36. The van der Waals surface area contributed by atoms with Gasteiger partial charge in [-0.1, -0.05) is 28.9 Å². The molecule has 0 amide bonds. The lowest BCUT2D eigenvalue weighted by molar-refractivity contribution is 0.0600. The smallest absolute Gasteiger partial charge is 0.337 e. The Hall–Kier alpha value is -0.910. The third kappa shape index (κ3) is 4.60. The number of benzene rings is 1. The second kappa shape index (κ2) is 7.62. The van der Waals surface area contributed by atoms with Crippen LogP contribution < -0.4 is 5.32 Å². The molecular formula is C14H20BrNO3. The highest BCUT2D eigenvalue weighted by Gasteiger charge is 2.12. The molecule has 0 heterocycles. The lowest BCUT2D eigenvalue weighted by atomic mass is 10.0. The van der Waals surface area contributed by atoms with Gasteiger partial charge in [-0.05, 0) is 30.5 Å². The Balaban J connectivity index is 2.68. The number of hydrogen-bond donors (Lipinski definition) is 2. The van der Waals surface area contributed by atoms with Gasteiger partial charge in [0.1, 0.15) is 0 Å². The molecule has 5 heteroatoms. The first-order chi connectivity index (χ1) is 8.99. The van der Waals surface area contributed by atoms with E-state index in [2.05, 4.69) is 26.0 Å². The third-order valence-electron chi connectivity index (χ3n) is 3.23. The molecule has 106 valence electrons. The van der Waals surface area contributed by atoms with Crippen LogP contribution >= 0.6 is 15.9 Å². The van der Waals surface area contributed by atoms with Gasteiger partial charge in [-0.2, -0.15) is 0 Å². The Morgan fingerprint density at radius 1 is 1.47 bits per heavy atom. The molecular weight excluding hydrogens is 310 g/mol. The molecule has 1 aromatic rings. The number of rotatable bonds is 6. The summed E-state index contributed by atoms with van der Waals surface area (Å²) in [5.74, 6) is -0.143. The standard InChI is InChI=1S/C14H20BrNO3/c1-9(8-17)10(2)16-7-12-5-4-11(6-13(12)15)14(18)19-3/h4-6,9-10,16-17H,7-8H2,1-3H3/t9?,10-/m0/s1. The average Bonchev–Trinajstić information content (AvgIpc) is 2.43. The number of carbonyl (C=O) groups is 1. The highest BCUT2D eigenvalue weighted by Crippen LogP contribution is 2.19. The van der Waals surface area contributed by atoms with Crippen LogP contribution in [0.1, 0.15) is 29.8 Å². The summed E-state index contributed by atoms with van der Waals surface area (Å²) in [6.45, 7) is 4.87. The van der Waals surface area contributed by atoms with Crippen molar-refractivity contribution >= 4 is 21.9 Å². The summed E-state index contributed by atoms with van der Waals surface area (Å²) in [6, 6.07) is 5.60. The van der Waals surface area contributed by atoms with Gasteiger partial charge in [0.25, 0.3) is 0 Å².